The van der Waals surface area contributed by atoms with Gasteiger partial charge in [-0.1, -0.05) is 18.2 Å². The third-order valence-corrected chi connectivity index (χ3v) is 5.98. The van der Waals surface area contributed by atoms with Crippen molar-refractivity contribution in [3.05, 3.63) is 58.1 Å². The van der Waals surface area contributed by atoms with Crippen molar-refractivity contribution in [1.29, 1.82) is 0 Å². The van der Waals surface area contributed by atoms with Gasteiger partial charge in [0.15, 0.2) is 5.60 Å². The van der Waals surface area contributed by atoms with E-state index in [1.165, 1.54) is 30.3 Å². The van der Waals surface area contributed by atoms with Gasteiger partial charge in [-0.05, 0) is 30.5 Å². The number of nitrogens with zero attached hydrogens (tertiary/aromatic N) is 1. The maximum Gasteiger partial charge on any atom is 0.417 e. The number of rotatable bonds is 6. The van der Waals surface area contributed by atoms with Gasteiger partial charge in [-0.3, -0.25) is 14.7 Å². The van der Waals surface area contributed by atoms with Crippen LogP contribution in [0, 0.1) is 10.1 Å². The Morgan fingerprint density at radius 3 is 2.30 bits per heavy atom. The Hall–Kier alpha value is -3.29. The number of nitro groups is 1. The first-order chi connectivity index (χ1) is 15.1. The molecule has 176 valence electrons. The van der Waals surface area contributed by atoms with E-state index in [0.29, 0.717) is 6.92 Å². The van der Waals surface area contributed by atoms with Gasteiger partial charge in [0.25, 0.3) is 15.8 Å². The van der Waals surface area contributed by atoms with Crippen molar-refractivity contribution in [2.75, 3.05) is 6.61 Å². The van der Waals surface area contributed by atoms with E-state index >= 15 is 0 Å². The summed E-state index contributed by atoms with van der Waals surface area (Å²) in [6.45, 7) is -0.293. The van der Waals surface area contributed by atoms with Crippen LogP contribution in [-0.4, -0.2) is 47.4 Å². The normalized spacial score (nSPS) is 14.2. The highest BCUT2D eigenvalue weighted by molar-refractivity contribution is 7.86. The molecule has 0 fully saturated rings. The van der Waals surface area contributed by atoms with Gasteiger partial charge in [0.05, 0.1) is 22.5 Å². The lowest BCUT2D eigenvalue weighted by Gasteiger charge is -2.25. The summed E-state index contributed by atoms with van der Waals surface area (Å²) in [5, 5.41) is 20.7. The van der Waals surface area contributed by atoms with E-state index < -0.39 is 56.4 Å². The van der Waals surface area contributed by atoms with Crippen LogP contribution >= 0.6 is 0 Å². The molecular weight excluding hydrogens is 471 g/mol. The minimum Gasteiger partial charge on any atom is -0.462 e. The highest BCUT2D eigenvalue weighted by atomic mass is 32.2. The summed E-state index contributed by atoms with van der Waals surface area (Å²) < 4.78 is 76.5. The number of nitro benzene ring substituents is 1. The van der Waals surface area contributed by atoms with E-state index in [1.807, 2.05) is 0 Å². The molecule has 33 heavy (non-hydrogen) atoms. The summed E-state index contributed by atoms with van der Waals surface area (Å²) in [6.07, 6.45) is -5.91. The van der Waals surface area contributed by atoms with Crippen molar-refractivity contribution in [1.82, 2.24) is 0 Å². The van der Waals surface area contributed by atoms with Gasteiger partial charge in [-0.15, -0.1) is 0 Å². The Labute approximate surface area is 184 Å². The van der Waals surface area contributed by atoms with E-state index in [1.54, 1.807) is 0 Å². The molecule has 0 aliphatic carbocycles. The number of benzene rings is 3. The van der Waals surface area contributed by atoms with Crippen molar-refractivity contribution in [2.24, 2.45) is 0 Å². The molecular formula is C20H16F3NO8S. The SMILES string of the molecule is CC(O)(CCOC(=O)c1cccc2c1cc([N+](=O)[O-])c1cccc(S(=O)(=O)O)c12)C(F)(F)F. The van der Waals surface area contributed by atoms with Crippen LogP contribution in [0.4, 0.5) is 18.9 Å². The molecule has 0 saturated heterocycles. The van der Waals surface area contributed by atoms with Crippen LogP contribution in [0.2, 0.25) is 0 Å². The molecule has 0 aromatic heterocycles. The average Bonchev–Trinajstić information content (AvgIpc) is 2.70. The lowest BCUT2D eigenvalue weighted by Crippen LogP contribution is -2.43. The summed E-state index contributed by atoms with van der Waals surface area (Å²) in [7, 11) is -4.81. The highest BCUT2D eigenvalue weighted by Crippen LogP contribution is 2.38. The Kier molecular flexibility index (Phi) is 6.08. The molecule has 0 aliphatic rings. The number of alkyl halides is 3. The number of hydrogen-bond donors (Lipinski definition) is 2. The molecule has 0 bridgehead atoms. The van der Waals surface area contributed by atoms with Crippen LogP contribution in [0.25, 0.3) is 21.5 Å². The number of halogens is 3. The Morgan fingerprint density at radius 1 is 1.12 bits per heavy atom. The second kappa shape index (κ2) is 8.24. The Balaban J connectivity index is 2.15. The Bertz CT molecular complexity index is 1380. The Morgan fingerprint density at radius 2 is 1.73 bits per heavy atom. The van der Waals surface area contributed by atoms with Gasteiger partial charge in [0.2, 0.25) is 0 Å². The van der Waals surface area contributed by atoms with Gasteiger partial charge in [0.1, 0.15) is 4.90 Å². The van der Waals surface area contributed by atoms with E-state index in [4.69, 9.17) is 4.74 Å². The minimum absolute atomic E-state index is 0.0561. The second-order valence-corrected chi connectivity index (χ2v) is 8.75. The first-order valence-electron chi connectivity index (χ1n) is 9.22. The van der Waals surface area contributed by atoms with Gasteiger partial charge in [0, 0.05) is 23.3 Å². The van der Waals surface area contributed by atoms with E-state index in [2.05, 4.69) is 0 Å². The molecule has 0 saturated carbocycles. The zero-order valence-corrected chi connectivity index (χ0v) is 17.6. The molecule has 3 aromatic carbocycles. The van der Waals surface area contributed by atoms with E-state index in [-0.39, 0.29) is 27.1 Å². The molecule has 0 heterocycles. The van der Waals surface area contributed by atoms with Gasteiger partial charge < -0.3 is 9.84 Å². The number of ether oxygens (including phenoxy) is 1. The quantitative estimate of drug-likeness (QED) is 0.175. The number of esters is 1. The summed E-state index contributed by atoms with van der Waals surface area (Å²) in [5.41, 5.74) is -3.96. The third-order valence-electron chi connectivity index (χ3n) is 5.09. The molecule has 1 unspecified atom stereocenters. The van der Waals surface area contributed by atoms with E-state index in [9.17, 15) is 46.2 Å². The number of fused-ring (bicyclic) bond motifs is 3. The van der Waals surface area contributed by atoms with Crippen LogP contribution in [0.1, 0.15) is 23.7 Å². The topological polar surface area (TPSA) is 144 Å². The standard InChI is InChI=1S/C20H16F3NO8S/c1-19(26,20(21,22)23)8-9-32-18(25)12-5-2-4-11-14(12)10-15(24(27)28)13-6-3-7-16(17(11)13)33(29,30)31/h2-7,10,26H,8-9H2,1H3,(H,29,30,31). The molecule has 0 radical (unpaired) electrons. The minimum atomic E-state index is -4.95. The zero-order chi connectivity index (χ0) is 24.8. The van der Waals surface area contributed by atoms with Crippen LogP contribution < -0.4 is 0 Å². The average molecular weight is 487 g/mol. The van der Waals surface area contributed by atoms with Crippen LogP contribution in [0.15, 0.2) is 47.4 Å². The number of aliphatic hydroxyl groups is 1. The molecule has 0 amide bonds. The second-order valence-electron chi connectivity index (χ2n) is 7.36. The van der Waals surface area contributed by atoms with Crippen molar-refractivity contribution in [3.8, 4) is 0 Å². The van der Waals surface area contributed by atoms with Gasteiger partial charge >= 0.3 is 12.1 Å². The first-order valence-corrected chi connectivity index (χ1v) is 10.7. The highest BCUT2D eigenvalue weighted by Gasteiger charge is 2.49. The molecule has 9 nitrogen and oxygen atoms in total. The smallest absolute Gasteiger partial charge is 0.417 e. The molecule has 3 aromatic rings. The fourth-order valence-electron chi connectivity index (χ4n) is 3.28. The summed E-state index contributed by atoms with van der Waals surface area (Å²) >= 11 is 0. The fourth-order valence-corrected chi connectivity index (χ4v) is 4.01. The van der Waals surface area contributed by atoms with Gasteiger partial charge in [-0.25, -0.2) is 4.79 Å². The fraction of sp³-hybridized carbons (Fsp3) is 0.250. The van der Waals surface area contributed by atoms with Crippen LogP contribution in [-0.2, 0) is 14.9 Å². The maximum absolute atomic E-state index is 12.8. The molecule has 13 heteroatoms. The third kappa shape index (κ3) is 4.60. The number of carbonyl (C=O) groups excluding carboxylic acids is 1. The maximum atomic E-state index is 12.8. The molecule has 3 rings (SSSR count). The van der Waals surface area contributed by atoms with Crippen LogP contribution in [0.5, 0.6) is 0 Å². The van der Waals surface area contributed by atoms with Crippen molar-refractivity contribution in [3.63, 3.8) is 0 Å². The summed E-state index contributed by atoms with van der Waals surface area (Å²) in [5.74, 6) is -1.14. The predicted molar refractivity (Wildman–Crippen MR) is 110 cm³/mol. The van der Waals surface area contributed by atoms with Gasteiger partial charge in [-0.2, -0.15) is 21.6 Å². The van der Waals surface area contributed by atoms with Crippen LogP contribution in [0.3, 0.4) is 0 Å². The number of hydrogen-bond acceptors (Lipinski definition) is 7. The largest absolute Gasteiger partial charge is 0.462 e. The lowest BCUT2D eigenvalue weighted by atomic mass is 9.97. The van der Waals surface area contributed by atoms with Crippen molar-refractivity contribution >= 4 is 43.3 Å². The monoisotopic (exact) mass is 487 g/mol. The zero-order valence-electron chi connectivity index (χ0n) is 16.8. The molecule has 2 N–H and O–H groups in total. The molecule has 0 spiro atoms. The van der Waals surface area contributed by atoms with E-state index in [0.717, 1.165) is 12.1 Å². The summed E-state index contributed by atoms with van der Waals surface area (Å²) in [4.78, 5) is 22.8. The van der Waals surface area contributed by atoms with Crippen molar-refractivity contribution < 1.29 is 45.7 Å². The predicted octanol–water partition coefficient (Wildman–Crippen LogP) is 4.01. The first kappa shape index (κ1) is 24.4. The lowest BCUT2D eigenvalue weighted by molar-refractivity contribution is -0.382. The number of carbonyl (C=O) groups is 1. The van der Waals surface area contributed by atoms with Crippen molar-refractivity contribution in [2.45, 2.75) is 30.0 Å². The summed E-state index contributed by atoms with van der Waals surface area (Å²) in [6, 6.07) is 8.38. The number of non-ortho nitro benzene ring substituents is 1. The molecule has 0 aliphatic heterocycles. The molecule has 1 atom stereocenters.